The van der Waals surface area contributed by atoms with Gasteiger partial charge in [0.15, 0.2) is 5.65 Å². The fourth-order valence-corrected chi connectivity index (χ4v) is 1.34. The number of hydrogen-bond acceptors (Lipinski definition) is 2. The summed E-state index contributed by atoms with van der Waals surface area (Å²) < 4.78 is 23.1. The van der Waals surface area contributed by atoms with E-state index < -0.39 is 6.85 Å². The first kappa shape index (κ1) is 4.82. The number of hydrogen-bond donors (Lipinski definition) is 0. The molecule has 2 rings (SSSR count). The molecule has 3 nitrogen and oxygen atoms in total. The Hall–Kier alpha value is -1.09. The largest absolute Gasteiger partial charge is 0.232 e. The minimum absolute atomic E-state index is 0.0281. The molecule has 0 atom stereocenters. The van der Waals surface area contributed by atoms with Crippen molar-refractivity contribution in [2.75, 3.05) is 0 Å². The van der Waals surface area contributed by atoms with Crippen LogP contribution < -0.4 is 0 Å². The zero-order chi connectivity index (χ0) is 11.2. The van der Waals surface area contributed by atoms with Crippen LogP contribution in [0.4, 0.5) is 0 Å². The molecule has 0 aliphatic carbocycles. The molecule has 2 aromatic heterocycles. The van der Waals surface area contributed by atoms with Crippen molar-refractivity contribution >= 4 is 17.2 Å². The summed E-state index contributed by atoms with van der Waals surface area (Å²) in [7, 11) is 0. The zero-order valence-electron chi connectivity index (χ0n) is 9.37. The average Bonchev–Trinajstić information content (AvgIpc) is 2.46. The standard InChI is InChI=1S/C8H8ClN3/c1-5-3-7(9)11-12-4-6(2)10-8(5)12/h3-4H,1-2H3/i2D3. The summed E-state index contributed by atoms with van der Waals surface area (Å²) in [5.41, 5.74) is 1.34. The first-order valence-electron chi connectivity index (χ1n) is 4.91. The number of aromatic nitrogens is 3. The summed E-state index contributed by atoms with van der Waals surface area (Å²) >= 11 is 5.75. The normalized spacial score (nSPS) is 15.7. The van der Waals surface area contributed by atoms with E-state index in [0.29, 0.717) is 10.8 Å². The molecular formula is C8H8ClN3. The lowest BCUT2D eigenvalue weighted by Crippen LogP contribution is -1.92. The van der Waals surface area contributed by atoms with Gasteiger partial charge >= 0.3 is 0 Å². The molecule has 0 aliphatic heterocycles. The highest BCUT2D eigenvalue weighted by Gasteiger charge is 2.02. The molecule has 0 spiro atoms. The zero-order valence-corrected chi connectivity index (χ0v) is 7.13. The molecule has 2 aromatic rings. The van der Waals surface area contributed by atoms with Gasteiger partial charge in [0.2, 0.25) is 0 Å². The van der Waals surface area contributed by atoms with E-state index in [-0.39, 0.29) is 5.69 Å². The highest BCUT2D eigenvalue weighted by atomic mass is 35.5. The molecule has 0 radical (unpaired) electrons. The van der Waals surface area contributed by atoms with Crippen LogP contribution in [0, 0.1) is 13.8 Å². The summed E-state index contributed by atoms with van der Waals surface area (Å²) in [6.07, 6.45) is 1.38. The summed E-state index contributed by atoms with van der Waals surface area (Å²) in [5, 5.41) is 4.25. The predicted molar refractivity (Wildman–Crippen MR) is 47.5 cm³/mol. The third kappa shape index (κ3) is 1.06. The van der Waals surface area contributed by atoms with Crippen molar-refractivity contribution in [2.24, 2.45) is 0 Å². The van der Waals surface area contributed by atoms with Gasteiger partial charge in [-0.05, 0) is 25.4 Å². The van der Waals surface area contributed by atoms with Crippen molar-refractivity contribution in [2.45, 2.75) is 13.8 Å². The number of imidazole rings is 1. The van der Waals surface area contributed by atoms with E-state index in [4.69, 9.17) is 15.7 Å². The SMILES string of the molecule is [2H]C([2H])([2H])c1cn2nc(Cl)cc(C)c2n1. The van der Waals surface area contributed by atoms with E-state index in [1.807, 2.05) is 0 Å². The van der Waals surface area contributed by atoms with Crippen molar-refractivity contribution in [3.63, 3.8) is 0 Å². The van der Waals surface area contributed by atoms with E-state index in [0.717, 1.165) is 5.56 Å². The van der Waals surface area contributed by atoms with Gasteiger partial charge in [-0.15, -0.1) is 0 Å². The van der Waals surface area contributed by atoms with Crippen molar-refractivity contribution in [3.8, 4) is 0 Å². The van der Waals surface area contributed by atoms with Crippen LogP contribution in [0.3, 0.4) is 0 Å². The fourth-order valence-electron chi connectivity index (χ4n) is 1.09. The number of halogens is 1. The molecular weight excluding hydrogens is 174 g/mol. The molecule has 0 amide bonds. The molecule has 0 saturated carbocycles. The Morgan fingerprint density at radius 2 is 2.50 bits per heavy atom. The maximum absolute atomic E-state index is 7.23. The van der Waals surface area contributed by atoms with Gasteiger partial charge in [0, 0.05) is 4.11 Å². The lowest BCUT2D eigenvalue weighted by atomic mass is 10.3. The Bertz CT molecular complexity index is 518. The lowest BCUT2D eigenvalue weighted by molar-refractivity contribution is 0.927. The van der Waals surface area contributed by atoms with E-state index in [1.165, 1.54) is 10.7 Å². The second-order valence-electron chi connectivity index (χ2n) is 2.54. The molecule has 0 saturated heterocycles. The van der Waals surface area contributed by atoms with Crippen molar-refractivity contribution in [1.29, 1.82) is 0 Å². The number of aryl methyl sites for hydroxylation is 2. The number of nitrogens with zero attached hydrogens (tertiary/aromatic N) is 3. The molecule has 0 fully saturated rings. The maximum atomic E-state index is 7.23. The molecule has 0 N–H and O–H groups in total. The van der Waals surface area contributed by atoms with Gasteiger partial charge in [-0.1, -0.05) is 11.6 Å². The average molecular weight is 185 g/mol. The van der Waals surface area contributed by atoms with Crippen LogP contribution in [0.15, 0.2) is 12.3 Å². The van der Waals surface area contributed by atoms with Crippen LogP contribution >= 0.6 is 11.6 Å². The van der Waals surface area contributed by atoms with Gasteiger partial charge in [0.1, 0.15) is 5.15 Å². The summed E-state index contributed by atoms with van der Waals surface area (Å²) in [5.74, 6) is 0. The molecule has 0 unspecified atom stereocenters. The van der Waals surface area contributed by atoms with Crippen molar-refractivity contribution in [1.82, 2.24) is 14.6 Å². The minimum atomic E-state index is -2.22. The van der Waals surface area contributed by atoms with E-state index in [2.05, 4.69) is 10.1 Å². The van der Waals surface area contributed by atoms with Crippen LogP contribution in [-0.4, -0.2) is 14.6 Å². The molecule has 12 heavy (non-hydrogen) atoms. The fraction of sp³-hybridized carbons (Fsp3) is 0.250. The van der Waals surface area contributed by atoms with E-state index >= 15 is 0 Å². The van der Waals surface area contributed by atoms with Crippen molar-refractivity contribution in [3.05, 3.63) is 28.7 Å². The first-order chi connectivity index (χ1) is 6.88. The lowest BCUT2D eigenvalue weighted by Gasteiger charge is -1.96. The Morgan fingerprint density at radius 1 is 1.67 bits per heavy atom. The smallest absolute Gasteiger partial charge is 0.156 e. The second kappa shape index (κ2) is 2.45. The van der Waals surface area contributed by atoms with Crippen LogP contribution in [0.5, 0.6) is 0 Å². The molecule has 2 heterocycles. The van der Waals surface area contributed by atoms with Crippen LogP contribution in [-0.2, 0) is 0 Å². The quantitative estimate of drug-likeness (QED) is 0.627. The van der Waals surface area contributed by atoms with Gasteiger partial charge in [-0.3, -0.25) is 0 Å². The summed E-state index contributed by atoms with van der Waals surface area (Å²) in [6, 6.07) is 1.65. The third-order valence-electron chi connectivity index (χ3n) is 1.58. The molecule has 0 aromatic carbocycles. The molecule has 0 bridgehead atoms. The van der Waals surface area contributed by atoms with Crippen LogP contribution in [0.25, 0.3) is 5.65 Å². The minimum Gasteiger partial charge on any atom is -0.232 e. The Morgan fingerprint density at radius 3 is 3.25 bits per heavy atom. The monoisotopic (exact) mass is 184 g/mol. The van der Waals surface area contributed by atoms with Gasteiger partial charge in [-0.25, -0.2) is 9.50 Å². The summed E-state index contributed by atoms with van der Waals surface area (Å²) in [4.78, 5) is 4.00. The number of rotatable bonds is 0. The first-order valence-corrected chi connectivity index (χ1v) is 3.79. The number of fused-ring (bicyclic) bond motifs is 1. The molecule has 62 valence electrons. The maximum Gasteiger partial charge on any atom is 0.156 e. The topological polar surface area (TPSA) is 30.2 Å². The third-order valence-corrected chi connectivity index (χ3v) is 1.76. The highest BCUT2D eigenvalue weighted by Crippen LogP contribution is 2.12. The predicted octanol–water partition coefficient (Wildman–Crippen LogP) is 2.00. The van der Waals surface area contributed by atoms with Gasteiger partial charge in [0.25, 0.3) is 0 Å². The Kier molecular flexibility index (Phi) is 0.985. The van der Waals surface area contributed by atoms with Crippen LogP contribution in [0.1, 0.15) is 15.4 Å². The van der Waals surface area contributed by atoms with Gasteiger partial charge in [0.05, 0.1) is 11.9 Å². The van der Waals surface area contributed by atoms with Crippen LogP contribution in [0.2, 0.25) is 5.15 Å². The highest BCUT2D eigenvalue weighted by molar-refractivity contribution is 6.29. The van der Waals surface area contributed by atoms with Gasteiger partial charge in [-0.2, -0.15) is 5.10 Å². The van der Waals surface area contributed by atoms with E-state index in [1.54, 1.807) is 13.0 Å². The Labute approximate surface area is 79.2 Å². The second-order valence-corrected chi connectivity index (χ2v) is 2.93. The van der Waals surface area contributed by atoms with Gasteiger partial charge < -0.3 is 0 Å². The molecule has 4 heteroatoms. The van der Waals surface area contributed by atoms with Crippen molar-refractivity contribution < 1.29 is 4.11 Å². The van der Waals surface area contributed by atoms with E-state index in [9.17, 15) is 0 Å². The molecule has 0 aliphatic rings. The summed E-state index contributed by atoms with van der Waals surface area (Å²) in [6.45, 7) is -0.411. The Balaban J connectivity index is 2.71.